The lowest BCUT2D eigenvalue weighted by atomic mass is 10.0. The molecule has 0 bridgehead atoms. The van der Waals surface area contributed by atoms with E-state index in [0.717, 1.165) is 16.7 Å². The summed E-state index contributed by atoms with van der Waals surface area (Å²) in [6, 6.07) is 5.79. The maximum Gasteiger partial charge on any atom is 0.235 e. The normalized spacial score (nSPS) is 8.93. The Kier molecular flexibility index (Phi) is 3.17. The molecule has 0 unspecified atom stereocenters. The van der Waals surface area contributed by atoms with Gasteiger partial charge in [0.05, 0.1) is 18.2 Å². The van der Waals surface area contributed by atoms with E-state index < -0.39 is 0 Å². The molecular formula is C11H10N2O. The second kappa shape index (κ2) is 4.36. The van der Waals surface area contributed by atoms with Crippen molar-refractivity contribution >= 4 is 6.08 Å². The third kappa shape index (κ3) is 2.07. The molecule has 0 saturated carbocycles. The molecule has 14 heavy (non-hydrogen) atoms. The molecule has 0 aliphatic heterocycles. The third-order valence-corrected chi connectivity index (χ3v) is 2.12. The quantitative estimate of drug-likeness (QED) is 0.524. The predicted octanol–water partition coefficient (Wildman–Crippen LogP) is 2.01. The Morgan fingerprint density at radius 1 is 1.36 bits per heavy atom. The van der Waals surface area contributed by atoms with Crippen molar-refractivity contribution in [2.45, 2.75) is 20.4 Å². The molecule has 0 atom stereocenters. The number of aryl methyl sites for hydroxylation is 2. The molecule has 70 valence electrons. The van der Waals surface area contributed by atoms with Crippen molar-refractivity contribution in [2.75, 3.05) is 0 Å². The van der Waals surface area contributed by atoms with Crippen LogP contribution in [0.1, 0.15) is 22.3 Å². The van der Waals surface area contributed by atoms with Crippen LogP contribution in [0.4, 0.5) is 0 Å². The van der Waals surface area contributed by atoms with Crippen molar-refractivity contribution in [3.8, 4) is 6.07 Å². The van der Waals surface area contributed by atoms with Crippen LogP contribution in [0.3, 0.4) is 0 Å². The molecule has 3 heteroatoms. The number of hydrogen-bond donors (Lipinski definition) is 0. The molecule has 1 aromatic rings. The number of hydrogen-bond acceptors (Lipinski definition) is 3. The lowest BCUT2D eigenvalue weighted by Gasteiger charge is -2.04. The summed E-state index contributed by atoms with van der Waals surface area (Å²) in [7, 11) is 0. The van der Waals surface area contributed by atoms with Crippen molar-refractivity contribution in [3.63, 3.8) is 0 Å². The maximum atomic E-state index is 9.95. The highest BCUT2D eigenvalue weighted by atomic mass is 16.1. The van der Waals surface area contributed by atoms with Gasteiger partial charge in [-0.05, 0) is 36.6 Å². The first kappa shape index (κ1) is 10.2. The van der Waals surface area contributed by atoms with Crippen LogP contribution in [0.5, 0.6) is 0 Å². The van der Waals surface area contributed by atoms with E-state index in [9.17, 15) is 4.79 Å². The van der Waals surface area contributed by atoms with Gasteiger partial charge in [-0.2, -0.15) is 5.26 Å². The van der Waals surface area contributed by atoms with Gasteiger partial charge < -0.3 is 0 Å². The van der Waals surface area contributed by atoms with Gasteiger partial charge in [-0.25, -0.2) is 9.79 Å². The number of aliphatic imine (C=N–C) groups is 1. The molecule has 0 aliphatic carbocycles. The molecule has 0 saturated heterocycles. The third-order valence-electron chi connectivity index (χ3n) is 2.12. The summed E-state index contributed by atoms with van der Waals surface area (Å²) in [6.07, 6.45) is 1.49. The highest BCUT2D eigenvalue weighted by Gasteiger charge is 2.03. The van der Waals surface area contributed by atoms with E-state index in [4.69, 9.17) is 5.26 Å². The Labute approximate surface area is 82.7 Å². The number of benzene rings is 1. The van der Waals surface area contributed by atoms with Crippen LogP contribution < -0.4 is 0 Å². The first-order chi connectivity index (χ1) is 6.69. The molecule has 0 amide bonds. The highest BCUT2D eigenvalue weighted by molar-refractivity contribution is 5.44. The number of carbonyl (C=O) groups excluding carboxylic acids is 1. The SMILES string of the molecule is Cc1cc(C)c(CN=C=O)cc1C#N. The molecule has 3 nitrogen and oxygen atoms in total. The van der Waals surface area contributed by atoms with Gasteiger partial charge in [0, 0.05) is 0 Å². The molecule has 0 spiro atoms. The molecule has 0 heterocycles. The summed E-state index contributed by atoms with van der Waals surface area (Å²) in [5.41, 5.74) is 3.52. The van der Waals surface area contributed by atoms with Crippen LogP contribution in [0.25, 0.3) is 0 Å². The van der Waals surface area contributed by atoms with Gasteiger partial charge in [0.15, 0.2) is 0 Å². The summed E-state index contributed by atoms with van der Waals surface area (Å²) in [5.74, 6) is 0. The van der Waals surface area contributed by atoms with Crippen LogP contribution in [-0.2, 0) is 11.3 Å². The molecule has 0 radical (unpaired) electrons. The van der Waals surface area contributed by atoms with Gasteiger partial charge >= 0.3 is 0 Å². The van der Waals surface area contributed by atoms with E-state index in [1.807, 2.05) is 19.9 Å². The first-order valence-electron chi connectivity index (χ1n) is 4.23. The lowest BCUT2D eigenvalue weighted by molar-refractivity contribution is 0.562. The Morgan fingerprint density at radius 2 is 2.07 bits per heavy atom. The van der Waals surface area contributed by atoms with E-state index in [1.54, 1.807) is 6.07 Å². The first-order valence-corrected chi connectivity index (χ1v) is 4.23. The van der Waals surface area contributed by atoms with E-state index in [0.29, 0.717) is 12.1 Å². The smallest absolute Gasteiger partial charge is 0.211 e. The molecule has 1 rings (SSSR count). The zero-order valence-corrected chi connectivity index (χ0v) is 8.16. The van der Waals surface area contributed by atoms with Crippen molar-refractivity contribution in [2.24, 2.45) is 4.99 Å². The van der Waals surface area contributed by atoms with Crippen LogP contribution >= 0.6 is 0 Å². The Bertz CT molecular complexity index is 437. The van der Waals surface area contributed by atoms with E-state index in [1.165, 1.54) is 6.08 Å². The molecule has 1 aromatic carbocycles. The zero-order chi connectivity index (χ0) is 10.6. The Hall–Kier alpha value is -1.91. The van der Waals surface area contributed by atoms with Crippen molar-refractivity contribution in [3.05, 3.63) is 34.4 Å². The average molecular weight is 186 g/mol. The minimum absolute atomic E-state index is 0.296. The number of rotatable bonds is 2. The fourth-order valence-electron chi connectivity index (χ4n) is 1.31. The summed E-state index contributed by atoms with van der Waals surface area (Å²) < 4.78 is 0. The monoisotopic (exact) mass is 186 g/mol. The zero-order valence-electron chi connectivity index (χ0n) is 8.16. The second-order valence-corrected chi connectivity index (χ2v) is 3.11. The Balaban J connectivity index is 3.18. The molecule has 0 N–H and O–H groups in total. The van der Waals surface area contributed by atoms with Crippen molar-refractivity contribution < 1.29 is 4.79 Å². The molecule has 0 aromatic heterocycles. The topological polar surface area (TPSA) is 53.2 Å². The highest BCUT2D eigenvalue weighted by Crippen LogP contribution is 2.15. The summed E-state index contributed by atoms with van der Waals surface area (Å²) in [4.78, 5) is 13.4. The van der Waals surface area contributed by atoms with Gasteiger partial charge in [0.1, 0.15) is 0 Å². The van der Waals surface area contributed by atoms with Crippen molar-refractivity contribution in [1.29, 1.82) is 5.26 Å². The minimum Gasteiger partial charge on any atom is -0.211 e. The van der Waals surface area contributed by atoms with Gasteiger partial charge in [0.25, 0.3) is 0 Å². The van der Waals surface area contributed by atoms with Crippen LogP contribution in [-0.4, -0.2) is 6.08 Å². The van der Waals surface area contributed by atoms with Gasteiger partial charge in [-0.1, -0.05) is 6.07 Å². The fourth-order valence-corrected chi connectivity index (χ4v) is 1.31. The average Bonchev–Trinajstić information content (AvgIpc) is 2.17. The van der Waals surface area contributed by atoms with E-state index >= 15 is 0 Å². The van der Waals surface area contributed by atoms with Crippen LogP contribution in [0.15, 0.2) is 17.1 Å². The van der Waals surface area contributed by atoms with Crippen molar-refractivity contribution in [1.82, 2.24) is 0 Å². The largest absolute Gasteiger partial charge is 0.235 e. The standard InChI is InChI=1S/C11H10N2O/c1-8-3-9(2)11(6-13-7-14)4-10(8)5-12/h3-4H,6H2,1-2H3. The molecule has 0 fully saturated rings. The minimum atomic E-state index is 0.296. The van der Waals surface area contributed by atoms with Gasteiger partial charge in [0.2, 0.25) is 6.08 Å². The molecular weight excluding hydrogens is 176 g/mol. The second-order valence-electron chi connectivity index (χ2n) is 3.11. The number of isocyanates is 1. The number of nitrogens with zero attached hydrogens (tertiary/aromatic N) is 2. The molecule has 0 aliphatic rings. The summed E-state index contributed by atoms with van der Waals surface area (Å²) in [6.45, 7) is 4.12. The number of nitriles is 1. The van der Waals surface area contributed by atoms with Crippen LogP contribution in [0.2, 0.25) is 0 Å². The Morgan fingerprint density at radius 3 is 2.64 bits per heavy atom. The van der Waals surface area contributed by atoms with Crippen LogP contribution in [0, 0.1) is 25.2 Å². The summed E-state index contributed by atoms with van der Waals surface area (Å²) in [5, 5.41) is 8.80. The van der Waals surface area contributed by atoms with Gasteiger partial charge in [-0.3, -0.25) is 0 Å². The maximum absolute atomic E-state index is 9.95. The van der Waals surface area contributed by atoms with E-state index in [2.05, 4.69) is 11.1 Å². The fraction of sp³-hybridized carbons (Fsp3) is 0.273. The summed E-state index contributed by atoms with van der Waals surface area (Å²) >= 11 is 0. The predicted molar refractivity (Wildman–Crippen MR) is 52.5 cm³/mol. The lowest BCUT2D eigenvalue weighted by Crippen LogP contribution is -1.92. The van der Waals surface area contributed by atoms with E-state index in [-0.39, 0.29) is 0 Å². The van der Waals surface area contributed by atoms with Gasteiger partial charge in [-0.15, -0.1) is 0 Å².